The maximum Gasteiger partial charge on any atom is 0.276 e. The lowest BCUT2D eigenvalue weighted by Crippen LogP contribution is -2.71. The van der Waals surface area contributed by atoms with E-state index in [-0.39, 0.29) is 42.0 Å². The quantitative estimate of drug-likeness (QED) is 0.0913. The van der Waals surface area contributed by atoms with Crippen molar-refractivity contribution in [3.8, 4) is 0 Å². The van der Waals surface area contributed by atoms with E-state index in [1.807, 2.05) is 0 Å². The summed E-state index contributed by atoms with van der Waals surface area (Å²) in [5, 5.41) is 31.0. The smallest absolute Gasteiger partial charge is 0.276 e. The first kappa shape index (κ1) is 27.5. The lowest BCUT2D eigenvalue weighted by Gasteiger charge is -2.50. The zero-order valence-electron chi connectivity index (χ0n) is 20.6. The molecular formula is C23H22N8O6S3. The number of nitrogens with one attached hydrogen (secondary N) is 1. The second-order valence-corrected chi connectivity index (χ2v) is 11.5. The highest BCUT2D eigenvalue weighted by atomic mass is 32.2. The van der Waals surface area contributed by atoms with E-state index in [2.05, 4.69) is 20.4 Å². The summed E-state index contributed by atoms with van der Waals surface area (Å²) in [7, 11) is 0. The minimum Gasteiger partial charge on any atom is -0.543 e. The van der Waals surface area contributed by atoms with Crippen molar-refractivity contribution in [2.45, 2.75) is 31.2 Å². The zero-order chi connectivity index (χ0) is 28.4. The van der Waals surface area contributed by atoms with Crippen LogP contribution in [0.3, 0.4) is 0 Å². The van der Waals surface area contributed by atoms with Crippen molar-refractivity contribution < 1.29 is 34.0 Å². The minimum absolute atomic E-state index is 0.0536. The Morgan fingerprint density at radius 1 is 1.23 bits per heavy atom. The van der Waals surface area contributed by atoms with Crippen LogP contribution in [0.1, 0.15) is 17.0 Å². The van der Waals surface area contributed by atoms with Crippen molar-refractivity contribution in [1.82, 2.24) is 20.2 Å². The van der Waals surface area contributed by atoms with Gasteiger partial charge in [0.1, 0.15) is 17.1 Å². The third-order valence-corrected chi connectivity index (χ3v) is 8.70. The molecule has 1 unspecified atom stereocenters. The third kappa shape index (κ3) is 5.62. The number of carboxylic acid groups (broad SMARTS) is 1. The number of amides is 2. The Morgan fingerprint density at radius 3 is 2.58 bits per heavy atom. The molecule has 0 aliphatic carbocycles. The summed E-state index contributed by atoms with van der Waals surface area (Å²) >= 11 is 3.64. The van der Waals surface area contributed by atoms with Crippen molar-refractivity contribution in [2.24, 2.45) is 5.16 Å². The largest absolute Gasteiger partial charge is 0.543 e. The van der Waals surface area contributed by atoms with Crippen molar-refractivity contribution in [3.05, 3.63) is 63.5 Å². The van der Waals surface area contributed by atoms with Crippen LogP contribution in [0.25, 0.3) is 0 Å². The molecule has 0 spiro atoms. The number of oxime groups is 1. The normalized spacial score (nSPS) is 18.8. The van der Waals surface area contributed by atoms with Crippen molar-refractivity contribution in [3.63, 3.8) is 0 Å². The van der Waals surface area contributed by atoms with E-state index in [4.69, 9.17) is 16.3 Å². The number of nitrogens with zero attached hydrogens (tertiary/aromatic N) is 5. The van der Waals surface area contributed by atoms with Gasteiger partial charge in [0.15, 0.2) is 41.5 Å². The Bertz CT molecular complexity index is 1520. The molecule has 17 heteroatoms. The summed E-state index contributed by atoms with van der Waals surface area (Å²) in [5.74, 6) is -2.53. The third-order valence-electron chi connectivity index (χ3n) is 5.96. The Labute approximate surface area is 239 Å². The monoisotopic (exact) mass is 602 g/mol. The van der Waals surface area contributed by atoms with Gasteiger partial charge in [0.25, 0.3) is 11.8 Å². The number of thiazole rings is 2. The topological polar surface area (TPSA) is 213 Å². The number of carbonyl (C=O) groups excluding carboxylic acids is 3. The second-order valence-electron chi connectivity index (χ2n) is 8.60. The summed E-state index contributed by atoms with van der Waals surface area (Å²) in [5.41, 5.74) is 12.8. The highest BCUT2D eigenvalue weighted by Gasteiger charge is 2.53. The fraction of sp³-hybridized carbons (Fsp3) is 0.261. The van der Waals surface area contributed by atoms with E-state index in [9.17, 15) is 24.6 Å². The molecule has 1 saturated heterocycles. The first-order chi connectivity index (χ1) is 19.2. The van der Waals surface area contributed by atoms with Gasteiger partial charge in [-0.2, -0.15) is 0 Å². The van der Waals surface area contributed by atoms with Gasteiger partial charge in [0.05, 0.1) is 24.0 Å². The standard InChI is InChI=1S/C23H22N8O6S3/c24-22-26-13(9-39-22)7-37-29-15(14-10-40-23(25)27-14)18(33)28-16-19(34)31-17(21(35)36)12(8-38-20(16)31)5-30-3-1-11(6-32)2-4-30/h1-4,9-10,16,20,32H,5-8H2,(H5-,24,25,26,27,28,33,35,36)/b29-15-/t16?,20-/m1/s1. The number of rotatable bonds is 10. The fourth-order valence-electron chi connectivity index (χ4n) is 4.08. The van der Waals surface area contributed by atoms with E-state index < -0.39 is 29.2 Å². The fourth-order valence-corrected chi connectivity index (χ4v) is 6.51. The van der Waals surface area contributed by atoms with E-state index in [1.165, 1.54) is 28.5 Å². The van der Waals surface area contributed by atoms with Crippen molar-refractivity contribution in [1.29, 1.82) is 0 Å². The molecule has 14 nitrogen and oxygen atoms in total. The van der Waals surface area contributed by atoms with Crippen LogP contribution in [0.15, 0.2) is 51.7 Å². The number of aliphatic hydroxyl groups is 1. The van der Waals surface area contributed by atoms with Gasteiger partial charge in [-0.15, -0.1) is 34.4 Å². The minimum atomic E-state index is -1.48. The average Bonchev–Trinajstić information content (AvgIpc) is 3.56. The first-order valence-electron chi connectivity index (χ1n) is 11.6. The van der Waals surface area contributed by atoms with E-state index >= 15 is 0 Å². The first-order valence-corrected chi connectivity index (χ1v) is 14.4. The molecule has 0 bridgehead atoms. The number of pyridine rings is 1. The SMILES string of the molecule is Nc1nc(CO/N=C(\C(=O)NC2C(=O)N3C(C(=O)[O-])=C(C[n+]4ccc(CO)cc4)CS[C@H]23)c2csc(N)n2)cs1. The van der Waals surface area contributed by atoms with Crippen LogP contribution in [0, 0.1) is 0 Å². The van der Waals surface area contributed by atoms with Gasteiger partial charge >= 0.3 is 0 Å². The molecule has 2 aliphatic heterocycles. The van der Waals surface area contributed by atoms with E-state index in [1.54, 1.807) is 34.5 Å². The number of carbonyl (C=O) groups is 3. The number of β-lactam (4-membered cyclic amide) rings is 1. The van der Waals surface area contributed by atoms with Gasteiger partial charge in [-0.3, -0.25) is 14.5 Å². The molecule has 2 amide bonds. The molecule has 3 aromatic heterocycles. The molecule has 0 aromatic carbocycles. The summed E-state index contributed by atoms with van der Waals surface area (Å²) in [6.07, 6.45) is 3.42. The summed E-state index contributed by atoms with van der Waals surface area (Å²) < 4.78 is 1.74. The van der Waals surface area contributed by atoms with E-state index in [0.717, 1.165) is 16.2 Å². The summed E-state index contributed by atoms with van der Waals surface area (Å²) in [4.78, 5) is 53.0. The number of fused-ring (bicyclic) bond motifs is 1. The molecule has 3 aromatic rings. The van der Waals surface area contributed by atoms with Crippen LogP contribution in [0.2, 0.25) is 0 Å². The lowest BCUT2D eigenvalue weighted by atomic mass is 10.0. The Balaban J connectivity index is 1.31. The van der Waals surface area contributed by atoms with E-state index in [0.29, 0.717) is 27.7 Å². The van der Waals surface area contributed by atoms with Crippen LogP contribution in [0.5, 0.6) is 0 Å². The molecule has 40 heavy (non-hydrogen) atoms. The van der Waals surface area contributed by atoms with Crippen molar-refractivity contribution >= 4 is 68.2 Å². The molecule has 5 heterocycles. The van der Waals surface area contributed by atoms with Crippen molar-refractivity contribution in [2.75, 3.05) is 17.2 Å². The molecule has 0 saturated carbocycles. The molecule has 1 fully saturated rings. The predicted molar refractivity (Wildman–Crippen MR) is 144 cm³/mol. The molecule has 5 rings (SSSR count). The molecule has 0 radical (unpaired) electrons. The zero-order valence-corrected chi connectivity index (χ0v) is 23.0. The number of nitrogen functional groups attached to an aromatic ring is 2. The number of aliphatic carboxylic acids is 1. The predicted octanol–water partition coefficient (Wildman–Crippen LogP) is -1.43. The Hall–Kier alpha value is -4.06. The summed E-state index contributed by atoms with van der Waals surface area (Å²) in [6.45, 7) is 0.0393. The molecule has 2 atom stereocenters. The van der Waals surface area contributed by atoms with Gasteiger partial charge in [-0.05, 0) is 5.56 Å². The molecule has 208 valence electrons. The second kappa shape index (κ2) is 11.6. The summed E-state index contributed by atoms with van der Waals surface area (Å²) in [6, 6.07) is 2.41. The molecule has 6 N–H and O–H groups in total. The average molecular weight is 603 g/mol. The van der Waals surface area contributed by atoms with Crippen LogP contribution in [-0.2, 0) is 39.0 Å². The van der Waals surface area contributed by atoms with Gasteiger partial charge in [-0.25, -0.2) is 14.5 Å². The number of aromatic nitrogens is 3. The van der Waals surface area contributed by atoms with Crippen LogP contribution >= 0.6 is 34.4 Å². The molecule has 2 aliphatic rings. The molecular weight excluding hydrogens is 581 g/mol. The highest BCUT2D eigenvalue weighted by Crippen LogP contribution is 2.40. The Kier molecular flexibility index (Phi) is 7.97. The number of thioether (sulfide) groups is 1. The van der Waals surface area contributed by atoms with Gasteiger partial charge in [0.2, 0.25) is 0 Å². The van der Waals surface area contributed by atoms with Gasteiger partial charge in [0, 0.05) is 34.2 Å². The number of hydrogen-bond acceptors (Lipinski definition) is 14. The van der Waals surface area contributed by atoms with Crippen LogP contribution < -0.4 is 26.5 Å². The maximum absolute atomic E-state index is 13.2. The highest BCUT2D eigenvalue weighted by molar-refractivity contribution is 8.00. The number of anilines is 2. The number of nitrogens with two attached hydrogens (primary N) is 2. The van der Waals surface area contributed by atoms with Gasteiger partial charge < -0.3 is 36.6 Å². The number of carboxylic acids is 1. The van der Waals surface area contributed by atoms with Crippen LogP contribution in [-0.4, -0.2) is 60.6 Å². The Morgan fingerprint density at radius 2 is 1.95 bits per heavy atom. The number of aliphatic hydroxyl groups excluding tert-OH is 1. The maximum atomic E-state index is 13.2. The number of hydrogen-bond donors (Lipinski definition) is 4. The lowest BCUT2D eigenvalue weighted by molar-refractivity contribution is -0.689. The van der Waals surface area contributed by atoms with Gasteiger partial charge in [-0.1, -0.05) is 5.16 Å². The van der Waals surface area contributed by atoms with Crippen LogP contribution in [0.4, 0.5) is 10.3 Å².